The number of nitrogens with zero attached hydrogens (tertiary/aromatic N) is 1. The van der Waals surface area contributed by atoms with Crippen molar-refractivity contribution in [2.75, 3.05) is 0 Å². The van der Waals surface area contributed by atoms with Crippen molar-refractivity contribution < 1.29 is 18.6 Å². The van der Waals surface area contributed by atoms with Gasteiger partial charge >= 0.3 is 28.3 Å². The Hall–Kier alpha value is 0.0843. The van der Waals surface area contributed by atoms with Crippen molar-refractivity contribution in [3.63, 3.8) is 0 Å². The summed E-state index contributed by atoms with van der Waals surface area (Å²) in [7, 11) is 4.08. The average Bonchev–Trinajstić information content (AvgIpc) is 3.02. The van der Waals surface area contributed by atoms with Crippen molar-refractivity contribution in [1.29, 1.82) is 0 Å². The standard InChI is InChI=1S/2C10H15.C5H5N.S.Ti/c2*1-6-7(2)9(4)10(5)8(6)3;1-2-4-6-5-3-1;;/h2*1-5H3;1-5H;;. The zero-order chi connectivity index (χ0) is 22.0. The largest absolute Gasteiger partial charge is 0.265 e. The van der Waals surface area contributed by atoms with E-state index in [1.165, 1.54) is 59.2 Å². The Kier molecular flexibility index (Phi) is 14.2. The van der Waals surface area contributed by atoms with Crippen LogP contribution in [0.5, 0.6) is 0 Å². The zero-order valence-corrected chi connectivity index (χ0v) is 21.6. The van der Waals surface area contributed by atoms with E-state index >= 15 is 0 Å². The van der Waals surface area contributed by atoms with Crippen LogP contribution >= 0.6 is 9.70 Å². The molecule has 10 radical (unpaired) electrons. The molecule has 1 heterocycles. The number of hydrogen-bond donors (Lipinski definition) is 0. The third-order valence-corrected chi connectivity index (χ3v) is 6.19. The van der Waals surface area contributed by atoms with Crippen LogP contribution in [0.2, 0.25) is 0 Å². The second-order valence-corrected chi connectivity index (χ2v) is 7.27. The van der Waals surface area contributed by atoms with Gasteiger partial charge in [-0.15, -0.1) is 0 Å². The molecular formula is C25H35NSTi. The van der Waals surface area contributed by atoms with Crippen molar-refractivity contribution >= 4 is 9.70 Å². The van der Waals surface area contributed by atoms with Gasteiger partial charge in [-0.2, -0.15) is 0 Å². The molecule has 0 N–H and O–H groups in total. The molecule has 3 heteroatoms. The Morgan fingerprint density at radius 3 is 0.679 bits per heavy atom. The molecule has 3 rings (SSSR count). The summed E-state index contributed by atoms with van der Waals surface area (Å²) in [5, 5.41) is 0. The molecule has 1 aromatic heterocycles. The minimum atomic E-state index is 1.47. The van der Waals surface area contributed by atoms with Gasteiger partial charge in [0.2, 0.25) is 0 Å². The van der Waals surface area contributed by atoms with Gasteiger partial charge in [-0.1, -0.05) is 75.3 Å². The van der Waals surface area contributed by atoms with Gasteiger partial charge in [0, 0.05) is 12.4 Å². The van der Waals surface area contributed by atoms with Crippen LogP contribution in [0.15, 0.2) is 30.6 Å². The summed E-state index contributed by atoms with van der Waals surface area (Å²) >= 11 is 1.58. The minimum Gasteiger partial charge on any atom is -0.265 e. The second-order valence-electron chi connectivity index (χ2n) is 7.27. The summed E-state index contributed by atoms with van der Waals surface area (Å²) in [6, 6.07) is 5.72. The van der Waals surface area contributed by atoms with E-state index in [1.807, 2.05) is 18.2 Å². The maximum absolute atomic E-state index is 4.08. The first kappa shape index (κ1) is 28.1. The van der Waals surface area contributed by atoms with E-state index in [4.69, 9.17) is 0 Å². The van der Waals surface area contributed by atoms with Gasteiger partial charge < -0.3 is 0 Å². The van der Waals surface area contributed by atoms with Crippen molar-refractivity contribution in [1.82, 2.24) is 4.98 Å². The SMILES string of the molecule is C[C]1[C](C)[C](C)[C](C)[C]1C.C[C]1[C](C)[C](C)[C](C)[C]1C.[S]=[Ti].c1ccncc1. The van der Waals surface area contributed by atoms with E-state index in [2.05, 4.69) is 83.9 Å². The molecule has 2 aliphatic carbocycles. The molecule has 2 saturated carbocycles. The van der Waals surface area contributed by atoms with Crippen molar-refractivity contribution in [2.45, 2.75) is 69.2 Å². The first-order chi connectivity index (χ1) is 13.1. The topological polar surface area (TPSA) is 12.9 Å². The van der Waals surface area contributed by atoms with E-state index < -0.39 is 0 Å². The van der Waals surface area contributed by atoms with Crippen LogP contribution in [0.3, 0.4) is 0 Å². The molecule has 0 aromatic carbocycles. The molecule has 0 atom stereocenters. The molecule has 0 unspecified atom stereocenters. The van der Waals surface area contributed by atoms with Gasteiger partial charge in [-0.25, -0.2) is 0 Å². The Morgan fingerprint density at radius 1 is 0.429 bits per heavy atom. The molecule has 0 bridgehead atoms. The van der Waals surface area contributed by atoms with Gasteiger partial charge in [-0.3, -0.25) is 4.98 Å². The van der Waals surface area contributed by atoms with Crippen LogP contribution in [0.1, 0.15) is 69.2 Å². The molecule has 2 aliphatic rings. The maximum atomic E-state index is 4.08. The maximum Gasteiger partial charge on any atom is 0.0267 e. The van der Waals surface area contributed by atoms with Crippen LogP contribution < -0.4 is 0 Å². The van der Waals surface area contributed by atoms with Gasteiger partial charge in [0.05, 0.1) is 0 Å². The van der Waals surface area contributed by atoms with Gasteiger partial charge in [-0.05, 0) is 71.3 Å². The normalized spacial score (nSPS) is 22.2. The summed E-state index contributed by atoms with van der Waals surface area (Å²) < 4.78 is 0. The Morgan fingerprint density at radius 2 is 0.607 bits per heavy atom. The molecule has 150 valence electrons. The fourth-order valence-corrected chi connectivity index (χ4v) is 3.13. The van der Waals surface area contributed by atoms with Gasteiger partial charge in [0.25, 0.3) is 0 Å². The summed E-state index contributed by atoms with van der Waals surface area (Å²) in [6.45, 7) is 22.0. The number of aromatic nitrogens is 1. The molecule has 0 aliphatic heterocycles. The van der Waals surface area contributed by atoms with Gasteiger partial charge in [0.15, 0.2) is 0 Å². The van der Waals surface area contributed by atoms with E-state index in [9.17, 15) is 0 Å². The second kappa shape index (κ2) is 14.2. The number of rotatable bonds is 0. The minimum absolute atomic E-state index is 1.47. The quantitative estimate of drug-likeness (QED) is 0.393. The van der Waals surface area contributed by atoms with Crippen LogP contribution in [0.25, 0.3) is 0 Å². The van der Waals surface area contributed by atoms with Gasteiger partial charge in [0.1, 0.15) is 0 Å². The van der Waals surface area contributed by atoms with Crippen LogP contribution in [0.4, 0.5) is 0 Å². The fraction of sp³-hybridized carbons (Fsp3) is 0.400. The average molecular weight is 429 g/mol. The van der Waals surface area contributed by atoms with Crippen molar-refractivity contribution in [3.05, 3.63) is 89.8 Å². The molecule has 0 saturated heterocycles. The molecule has 0 spiro atoms. The van der Waals surface area contributed by atoms with E-state index in [0.717, 1.165) is 0 Å². The molecule has 0 amide bonds. The van der Waals surface area contributed by atoms with Crippen LogP contribution in [-0.2, 0) is 18.6 Å². The number of pyridine rings is 1. The van der Waals surface area contributed by atoms with E-state index in [-0.39, 0.29) is 0 Å². The van der Waals surface area contributed by atoms with Crippen LogP contribution in [-0.4, -0.2) is 4.98 Å². The molecular weight excluding hydrogens is 394 g/mol. The summed E-state index contributed by atoms with van der Waals surface area (Å²) in [6.07, 6.45) is 3.50. The molecule has 2 fully saturated rings. The smallest absolute Gasteiger partial charge is 0.0267 e. The fourth-order valence-electron chi connectivity index (χ4n) is 3.13. The monoisotopic (exact) mass is 429 g/mol. The van der Waals surface area contributed by atoms with E-state index in [1.54, 1.807) is 31.0 Å². The summed E-state index contributed by atoms with van der Waals surface area (Å²) in [5.74, 6) is 14.7. The predicted molar refractivity (Wildman–Crippen MR) is 121 cm³/mol. The number of hydrogen-bond acceptors (Lipinski definition) is 2. The Balaban J connectivity index is 0.000000384. The van der Waals surface area contributed by atoms with Crippen molar-refractivity contribution in [2.24, 2.45) is 0 Å². The zero-order valence-electron chi connectivity index (χ0n) is 19.2. The first-order valence-corrected chi connectivity index (χ1v) is 11.9. The molecule has 1 aromatic rings. The van der Waals surface area contributed by atoms with Crippen LogP contribution in [0, 0.1) is 59.2 Å². The molecule has 28 heavy (non-hydrogen) atoms. The third kappa shape index (κ3) is 7.73. The third-order valence-electron chi connectivity index (χ3n) is 6.19. The first-order valence-electron chi connectivity index (χ1n) is 9.55. The Bertz CT molecular complexity index is 364. The summed E-state index contributed by atoms with van der Waals surface area (Å²) in [4.78, 5) is 3.78. The molecule has 1 nitrogen and oxygen atoms in total. The predicted octanol–water partition coefficient (Wildman–Crippen LogP) is 7.67. The van der Waals surface area contributed by atoms with E-state index in [0.29, 0.717) is 0 Å². The summed E-state index contributed by atoms with van der Waals surface area (Å²) in [5.41, 5.74) is 0. The van der Waals surface area contributed by atoms with Crippen molar-refractivity contribution in [3.8, 4) is 0 Å². The Labute approximate surface area is 191 Å².